The van der Waals surface area contributed by atoms with E-state index in [1.807, 2.05) is 0 Å². The second-order valence-corrected chi connectivity index (χ2v) is 7.08. The second kappa shape index (κ2) is 8.01. The fourth-order valence-corrected chi connectivity index (χ4v) is 3.90. The van der Waals surface area contributed by atoms with Gasteiger partial charge in [-0.3, -0.25) is 14.5 Å². The summed E-state index contributed by atoms with van der Waals surface area (Å²) in [5.74, 6) is -0.651. The third kappa shape index (κ3) is 4.04. The summed E-state index contributed by atoms with van der Waals surface area (Å²) in [5, 5.41) is -0.321. The van der Waals surface area contributed by atoms with E-state index >= 15 is 0 Å². The summed E-state index contributed by atoms with van der Waals surface area (Å²) in [6, 6.07) is 4.96. The molecular weight excluding hydrogens is 343 g/mol. The minimum Gasteiger partial charge on any atom is -0.383 e. The van der Waals surface area contributed by atoms with E-state index in [4.69, 9.17) is 4.74 Å². The van der Waals surface area contributed by atoms with E-state index in [1.54, 1.807) is 18.2 Å². The minimum absolute atomic E-state index is 0.223. The van der Waals surface area contributed by atoms with Gasteiger partial charge in [-0.1, -0.05) is 6.07 Å². The van der Waals surface area contributed by atoms with E-state index in [0.29, 0.717) is 22.8 Å². The van der Waals surface area contributed by atoms with E-state index in [1.165, 1.54) is 19.6 Å². The molecule has 5 nitrogen and oxygen atoms in total. The van der Waals surface area contributed by atoms with Gasteiger partial charge < -0.3 is 9.64 Å². The van der Waals surface area contributed by atoms with Gasteiger partial charge in [0.15, 0.2) is 0 Å². The number of piperidine rings is 1. The Morgan fingerprint density at radius 1 is 1.24 bits per heavy atom. The molecule has 134 valence electrons. The van der Waals surface area contributed by atoms with Crippen molar-refractivity contribution < 1.29 is 18.7 Å². The van der Waals surface area contributed by atoms with Crippen molar-refractivity contribution >= 4 is 34.7 Å². The Bertz CT molecular complexity index is 702. The smallest absolute Gasteiger partial charge is 0.293 e. The fraction of sp³-hybridized carbons (Fsp3) is 0.444. The van der Waals surface area contributed by atoms with Crippen molar-refractivity contribution in [3.63, 3.8) is 0 Å². The standard InChI is InChI=1S/C18H21FN2O3S/c1-24-10-9-21-17(22)16(25-18(21)23)12-13-5-6-15(14(19)11-13)20-7-3-2-4-8-20/h5-6,11-12H,2-4,7-10H2,1H3/b16-12+. The third-order valence-electron chi connectivity index (χ3n) is 4.36. The number of amides is 2. The molecule has 1 aromatic rings. The van der Waals surface area contributed by atoms with Crippen molar-refractivity contribution in [2.24, 2.45) is 0 Å². The van der Waals surface area contributed by atoms with Crippen LogP contribution in [0, 0.1) is 5.82 Å². The van der Waals surface area contributed by atoms with Gasteiger partial charge in [-0.25, -0.2) is 4.39 Å². The van der Waals surface area contributed by atoms with Crippen molar-refractivity contribution in [3.05, 3.63) is 34.5 Å². The quantitative estimate of drug-likeness (QED) is 0.749. The summed E-state index contributed by atoms with van der Waals surface area (Å²) in [7, 11) is 1.52. The van der Waals surface area contributed by atoms with E-state index in [2.05, 4.69) is 4.90 Å². The van der Waals surface area contributed by atoms with Gasteiger partial charge >= 0.3 is 0 Å². The Hall–Kier alpha value is -1.86. The first kappa shape index (κ1) is 17.9. The normalized spacial score (nSPS) is 20.0. The number of hydrogen-bond acceptors (Lipinski definition) is 5. The fourth-order valence-electron chi connectivity index (χ4n) is 3.03. The highest BCUT2D eigenvalue weighted by Gasteiger charge is 2.34. The van der Waals surface area contributed by atoms with E-state index in [9.17, 15) is 14.0 Å². The van der Waals surface area contributed by atoms with Crippen LogP contribution < -0.4 is 4.90 Å². The zero-order valence-electron chi connectivity index (χ0n) is 14.2. The molecular formula is C18H21FN2O3S. The lowest BCUT2D eigenvalue weighted by Crippen LogP contribution is -2.31. The van der Waals surface area contributed by atoms with Gasteiger partial charge in [0.1, 0.15) is 5.82 Å². The van der Waals surface area contributed by atoms with Crippen molar-refractivity contribution in [3.8, 4) is 0 Å². The zero-order chi connectivity index (χ0) is 17.8. The number of hydrogen-bond donors (Lipinski definition) is 0. The average molecular weight is 364 g/mol. The molecule has 0 aromatic heterocycles. The van der Waals surface area contributed by atoms with Gasteiger partial charge in [0.2, 0.25) is 0 Å². The highest BCUT2D eigenvalue weighted by atomic mass is 32.2. The molecule has 7 heteroatoms. The molecule has 25 heavy (non-hydrogen) atoms. The van der Waals surface area contributed by atoms with Crippen LogP contribution in [0.25, 0.3) is 6.08 Å². The van der Waals surface area contributed by atoms with Gasteiger partial charge in [0.25, 0.3) is 11.1 Å². The van der Waals surface area contributed by atoms with Gasteiger partial charge in [-0.05, 0) is 54.8 Å². The summed E-state index contributed by atoms with van der Waals surface area (Å²) >= 11 is 0.875. The van der Waals surface area contributed by atoms with Crippen molar-refractivity contribution in [1.82, 2.24) is 4.90 Å². The maximum atomic E-state index is 14.5. The van der Waals surface area contributed by atoms with Crippen molar-refractivity contribution in [2.45, 2.75) is 19.3 Å². The molecule has 0 atom stereocenters. The molecule has 2 saturated heterocycles. The molecule has 0 radical (unpaired) electrons. The lowest BCUT2D eigenvalue weighted by Gasteiger charge is -2.29. The number of halogens is 1. The molecule has 0 spiro atoms. The molecule has 0 aliphatic carbocycles. The van der Waals surface area contributed by atoms with Crippen LogP contribution in [0.15, 0.2) is 23.1 Å². The number of ether oxygens (including phenoxy) is 1. The largest absolute Gasteiger partial charge is 0.383 e. The molecule has 0 bridgehead atoms. The highest BCUT2D eigenvalue weighted by molar-refractivity contribution is 8.18. The summed E-state index contributed by atoms with van der Waals surface area (Å²) in [5.41, 5.74) is 1.18. The number of carbonyl (C=O) groups is 2. The SMILES string of the molecule is COCCN1C(=O)S/C(=C/c2ccc(N3CCCCC3)c(F)c2)C1=O. The van der Waals surface area contributed by atoms with E-state index in [0.717, 1.165) is 42.6 Å². The molecule has 2 fully saturated rings. The number of benzene rings is 1. The van der Waals surface area contributed by atoms with Gasteiger partial charge in [-0.15, -0.1) is 0 Å². The summed E-state index contributed by atoms with van der Waals surface area (Å²) < 4.78 is 19.4. The molecule has 2 heterocycles. The lowest BCUT2D eigenvalue weighted by atomic mass is 10.1. The Labute approximate surface area is 150 Å². The van der Waals surface area contributed by atoms with Gasteiger partial charge in [0, 0.05) is 20.2 Å². The summed E-state index contributed by atoms with van der Waals surface area (Å²) in [6.07, 6.45) is 4.92. The Morgan fingerprint density at radius 2 is 2.00 bits per heavy atom. The Balaban J connectivity index is 1.76. The molecule has 0 unspecified atom stereocenters. The number of thioether (sulfide) groups is 1. The van der Waals surface area contributed by atoms with Crippen molar-refractivity contribution in [2.75, 3.05) is 38.3 Å². The first-order valence-electron chi connectivity index (χ1n) is 8.39. The average Bonchev–Trinajstić information content (AvgIpc) is 2.87. The van der Waals surface area contributed by atoms with Crippen LogP contribution in [-0.4, -0.2) is 49.4 Å². The topological polar surface area (TPSA) is 49.9 Å². The van der Waals surface area contributed by atoms with Crippen LogP contribution in [0.1, 0.15) is 24.8 Å². The number of methoxy groups -OCH3 is 1. The Kier molecular flexibility index (Phi) is 5.75. The lowest BCUT2D eigenvalue weighted by molar-refractivity contribution is -0.123. The molecule has 0 N–H and O–H groups in total. The van der Waals surface area contributed by atoms with Crippen LogP contribution in [0.5, 0.6) is 0 Å². The van der Waals surface area contributed by atoms with E-state index in [-0.39, 0.29) is 23.5 Å². The van der Waals surface area contributed by atoms with Crippen LogP contribution >= 0.6 is 11.8 Å². The maximum Gasteiger partial charge on any atom is 0.293 e. The van der Waals surface area contributed by atoms with Gasteiger partial charge in [-0.2, -0.15) is 0 Å². The summed E-state index contributed by atoms with van der Waals surface area (Å²) in [6.45, 7) is 2.26. The van der Waals surface area contributed by atoms with Crippen LogP contribution in [-0.2, 0) is 9.53 Å². The molecule has 2 aliphatic heterocycles. The zero-order valence-corrected chi connectivity index (χ0v) is 15.0. The van der Waals surface area contributed by atoms with Crippen LogP contribution in [0.3, 0.4) is 0 Å². The first-order chi connectivity index (χ1) is 12.1. The Morgan fingerprint density at radius 3 is 2.68 bits per heavy atom. The monoisotopic (exact) mass is 364 g/mol. The second-order valence-electron chi connectivity index (χ2n) is 6.08. The number of anilines is 1. The number of rotatable bonds is 5. The number of carbonyl (C=O) groups excluding carboxylic acids is 2. The predicted octanol–water partition coefficient (Wildman–Crippen LogP) is 3.50. The van der Waals surface area contributed by atoms with Crippen LogP contribution in [0.4, 0.5) is 14.9 Å². The number of nitrogens with zero attached hydrogens (tertiary/aromatic N) is 2. The molecule has 1 aromatic carbocycles. The third-order valence-corrected chi connectivity index (χ3v) is 5.27. The first-order valence-corrected chi connectivity index (χ1v) is 9.20. The van der Waals surface area contributed by atoms with Crippen LogP contribution in [0.2, 0.25) is 0 Å². The molecule has 2 aliphatic rings. The predicted molar refractivity (Wildman–Crippen MR) is 97.0 cm³/mol. The maximum absolute atomic E-state index is 14.5. The molecule has 2 amide bonds. The van der Waals surface area contributed by atoms with E-state index < -0.39 is 0 Å². The minimum atomic E-state index is -0.354. The molecule has 0 saturated carbocycles. The van der Waals surface area contributed by atoms with Gasteiger partial charge in [0.05, 0.1) is 23.7 Å². The highest BCUT2D eigenvalue weighted by Crippen LogP contribution is 2.33. The summed E-state index contributed by atoms with van der Waals surface area (Å²) in [4.78, 5) is 27.7. The molecule has 3 rings (SSSR count). The number of imide groups is 1. The van der Waals surface area contributed by atoms with Crippen molar-refractivity contribution in [1.29, 1.82) is 0 Å².